The minimum atomic E-state index is -2.55. The van der Waals surface area contributed by atoms with Crippen molar-refractivity contribution in [2.24, 2.45) is 5.73 Å². The normalized spacial score (nSPS) is 14.8. The van der Waals surface area contributed by atoms with Gasteiger partial charge in [-0.3, -0.25) is 0 Å². The van der Waals surface area contributed by atoms with Crippen LogP contribution in [0.5, 0.6) is 0 Å². The van der Waals surface area contributed by atoms with Gasteiger partial charge in [0, 0.05) is 39.6 Å². The molecule has 0 saturated heterocycles. The Morgan fingerprint density at radius 3 is 1.83 bits per heavy atom. The summed E-state index contributed by atoms with van der Waals surface area (Å²) in [5, 5.41) is 3.72. The maximum absolute atomic E-state index is 5.66. The molecule has 18 heavy (non-hydrogen) atoms. The van der Waals surface area contributed by atoms with Gasteiger partial charge in [-0.15, -0.1) is 0 Å². The summed E-state index contributed by atoms with van der Waals surface area (Å²) < 4.78 is 17.0. The van der Waals surface area contributed by atoms with E-state index in [1.807, 2.05) is 0 Å². The van der Waals surface area contributed by atoms with E-state index >= 15 is 0 Å². The molecule has 1 atom stereocenters. The molecule has 0 radical (unpaired) electrons. The van der Waals surface area contributed by atoms with Crippen LogP contribution >= 0.6 is 0 Å². The van der Waals surface area contributed by atoms with E-state index in [1.54, 1.807) is 21.3 Å². The predicted octanol–water partition coefficient (Wildman–Crippen LogP) is 1.05. The van der Waals surface area contributed by atoms with Gasteiger partial charge in [-0.05, 0) is 13.0 Å². The van der Waals surface area contributed by atoms with Gasteiger partial charge in [0.25, 0.3) is 0 Å². The van der Waals surface area contributed by atoms with Crippen LogP contribution in [0.2, 0.25) is 24.8 Å². The Morgan fingerprint density at radius 2 is 1.50 bits per heavy atom. The lowest BCUT2D eigenvalue weighted by molar-refractivity contribution is 0.117. The quantitative estimate of drug-likeness (QED) is 0.466. The molecule has 110 valence electrons. The summed E-state index contributed by atoms with van der Waals surface area (Å²) in [6.45, 7) is 9.44. The number of hydrogen-bond acceptors (Lipinski definition) is 5. The minimum absolute atomic E-state index is 0.385. The largest absolute Gasteiger partial charge is 0.500 e. The van der Waals surface area contributed by atoms with E-state index in [2.05, 4.69) is 25.0 Å². The highest BCUT2D eigenvalue weighted by Crippen LogP contribution is 2.36. The molecule has 0 aromatic rings. The van der Waals surface area contributed by atoms with E-state index in [4.69, 9.17) is 19.0 Å². The van der Waals surface area contributed by atoms with Gasteiger partial charge in [0.05, 0.1) is 8.07 Å². The Kier molecular flexibility index (Phi) is 8.52. The van der Waals surface area contributed by atoms with Crippen molar-refractivity contribution in [3.05, 3.63) is 0 Å². The van der Waals surface area contributed by atoms with Crippen molar-refractivity contribution in [1.82, 2.24) is 5.32 Å². The Morgan fingerprint density at radius 1 is 1.00 bits per heavy atom. The molecule has 0 saturated carbocycles. The summed E-state index contributed by atoms with van der Waals surface area (Å²) >= 11 is 0. The topological polar surface area (TPSA) is 65.7 Å². The van der Waals surface area contributed by atoms with Gasteiger partial charge < -0.3 is 24.3 Å². The molecule has 0 amide bonds. The van der Waals surface area contributed by atoms with Crippen molar-refractivity contribution in [2.45, 2.75) is 31.2 Å². The standard InChI is InChI=1S/C11H30N2O3Si2/c1-14-18(15-2,16-3)11(17(4,5)6)7-9-13-10-8-12/h11,13H,7-10,12H2,1-6H3. The van der Waals surface area contributed by atoms with E-state index in [1.165, 1.54) is 0 Å². The van der Waals surface area contributed by atoms with Gasteiger partial charge in [-0.1, -0.05) is 19.6 Å². The third kappa shape index (κ3) is 5.08. The van der Waals surface area contributed by atoms with Gasteiger partial charge in [0.2, 0.25) is 0 Å². The third-order valence-corrected chi connectivity index (χ3v) is 12.1. The van der Waals surface area contributed by atoms with Crippen LogP contribution in [0.25, 0.3) is 0 Å². The number of nitrogens with two attached hydrogens (primary N) is 1. The Balaban J connectivity index is 4.76. The van der Waals surface area contributed by atoms with Crippen LogP contribution in [0.1, 0.15) is 6.42 Å². The molecule has 3 N–H and O–H groups in total. The van der Waals surface area contributed by atoms with Crippen molar-refractivity contribution in [3.8, 4) is 0 Å². The number of hydrogen-bond donors (Lipinski definition) is 2. The van der Waals surface area contributed by atoms with Gasteiger partial charge in [0.15, 0.2) is 0 Å². The van der Waals surface area contributed by atoms with Gasteiger partial charge in [-0.2, -0.15) is 0 Å². The smallest absolute Gasteiger partial charge is 0.377 e. The molecule has 0 fully saturated rings. The predicted molar refractivity (Wildman–Crippen MR) is 80.4 cm³/mol. The lowest BCUT2D eigenvalue weighted by Gasteiger charge is -2.39. The summed E-state index contributed by atoms with van der Waals surface area (Å²) in [5.74, 6) is 0. The SMILES string of the molecule is CO[Si](OC)(OC)C(CCNCCN)[Si](C)(C)C. The Labute approximate surface area is 114 Å². The first-order valence-corrected chi connectivity index (χ1v) is 11.8. The van der Waals surface area contributed by atoms with Crippen LogP contribution in [-0.4, -0.2) is 57.8 Å². The Bertz CT molecular complexity index is 213. The molecule has 0 aliphatic rings. The third-order valence-electron chi connectivity index (χ3n) is 3.26. The van der Waals surface area contributed by atoms with Crippen molar-refractivity contribution >= 4 is 16.9 Å². The molecule has 7 heteroatoms. The highest BCUT2D eigenvalue weighted by molar-refractivity contribution is 6.90. The fourth-order valence-corrected chi connectivity index (χ4v) is 10.5. The van der Waals surface area contributed by atoms with Gasteiger partial charge in [-0.25, -0.2) is 0 Å². The second-order valence-electron chi connectivity index (χ2n) is 5.46. The monoisotopic (exact) mass is 294 g/mol. The van der Waals surface area contributed by atoms with Gasteiger partial charge >= 0.3 is 8.80 Å². The Hall–Kier alpha value is 0.234. The first-order valence-electron chi connectivity index (χ1n) is 6.44. The van der Waals surface area contributed by atoms with Crippen LogP contribution < -0.4 is 11.1 Å². The first-order chi connectivity index (χ1) is 8.37. The van der Waals surface area contributed by atoms with E-state index in [0.29, 0.717) is 11.7 Å². The van der Waals surface area contributed by atoms with E-state index in [-0.39, 0.29) is 0 Å². The van der Waals surface area contributed by atoms with Gasteiger partial charge in [0.1, 0.15) is 0 Å². The highest BCUT2D eigenvalue weighted by Gasteiger charge is 2.52. The molecule has 0 spiro atoms. The molecule has 0 aromatic carbocycles. The van der Waals surface area contributed by atoms with E-state index in [0.717, 1.165) is 19.5 Å². The van der Waals surface area contributed by atoms with E-state index in [9.17, 15) is 0 Å². The molecular weight excluding hydrogens is 264 g/mol. The van der Waals surface area contributed by atoms with Crippen LogP contribution in [0.4, 0.5) is 0 Å². The summed E-state index contributed by atoms with van der Waals surface area (Å²) in [4.78, 5) is 0. The molecule has 0 aromatic heterocycles. The lowest BCUT2D eigenvalue weighted by Crippen LogP contribution is -2.56. The molecule has 0 bridgehead atoms. The van der Waals surface area contributed by atoms with Crippen molar-refractivity contribution in [2.75, 3.05) is 41.0 Å². The lowest BCUT2D eigenvalue weighted by atomic mass is 10.4. The molecule has 0 rings (SSSR count). The zero-order valence-electron chi connectivity index (χ0n) is 12.7. The molecule has 0 heterocycles. The first kappa shape index (κ1) is 18.2. The van der Waals surface area contributed by atoms with Crippen molar-refractivity contribution in [1.29, 1.82) is 0 Å². The van der Waals surface area contributed by atoms with Crippen LogP contribution in [0.15, 0.2) is 0 Å². The average Bonchev–Trinajstić information content (AvgIpc) is 2.33. The van der Waals surface area contributed by atoms with Crippen molar-refractivity contribution < 1.29 is 13.3 Å². The maximum Gasteiger partial charge on any atom is 0.500 e. The minimum Gasteiger partial charge on any atom is -0.377 e. The zero-order chi connectivity index (χ0) is 14.2. The fourth-order valence-electron chi connectivity index (χ4n) is 2.29. The molecular formula is C11H30N2O3Si2. The molecule has 5 nitrogen and oxygen atoms in total. The van der Waals surface area contributed by atoms with Crippen LogP contribution in [0, 0.1) is 0 Å². The number of rotatable bonds is 10. The molecule has 1 unspecified atom stereocenters. The van der Waals surface area contributed by atoms with Crippen LogP contribution in [0.3, 0.4) is 0 Å². The van der Waals surface area contributed by atoms with Crippen LogP contribution in [-0.2, 0) is 13.3 Å². The average molecular weight is 295 g/mol. The molecule has 0 aliphatic carbocycles. The molecule has 0 aliphatic heterocycles. The van der Waals surface area contributed by atoms with E-state index < -0.39 is 16.9 Å². The second-order valence-corrected chi connectivity index (χ2v) is 14.6. The summed E-state index contributed by atoms with van der Waals surface area (Å²) in [5.41, 5.74) is 5.48. The highest BCUT2D eigenvalue weighted by atomic mass is 28.4. The summed E-state index contributed by atoms with van der Waals surface area (Å²) in [6, 6.07) is 0. The fraction of sp³-hybridized carbons (Fsp3) is 1.00. The number of nitrogens with one attached hydrogen (secondary N) is 1. The van der Waals surface area contributed by atoms with Crippen molar-refractivity contribution in [3.63, 3.8) is 0 Å². The maximum atomic E-state index is 5.66. The summed E-state index contributed by atoms with van der Waals surface area (Å²) in [7, 11) is 1.10. The zero-order valence-corrected chi connectivity index (χ0v) is 14.7. The second kappa shape index (κ2) is 8.41. The summed E-state index contributed by atoms with van der Waals surface area (Å²) in [6.07, 6.45) is 1.01.